The number of Topliss-reactive ketones (excluding diaryl/α,β-unsaturated/α-hetero) is 1. The van der Waals surface area contributed by atoms with Gasteiger partial charge in [-0.25, -0.2) is 14.8 Å². The van der Waals surface area contributed by atoms with Crippen molar-refractivity contribution in [1.82, 2.24) is 25.6 Å². The van der Waals surface area contributed by atoms with Crippen molar-refractivity contribution >= 4 is 34.9 Å². The number of nitrogens with zero attached hydrogens (tertiary/aromatic N) is 3. The Morgan fingerprint density at radius 2 is 1.82 bits per heavy atom. The fourth-order valence-corrected chi connectivity index (χ4v) is 3.65. The second-order valence-corrected chi connectivity index (χ2v) is 7.84. The number of hydrogen-bond acceptors (Lipinski definition) is 7. The third-order valence-corrected chi connectivity index (χ3v) is 5.19. The molecular weight excluding hydrogens is 473 g/mol. The van der Waals surface area contributed by atoms with Crippen molar-refractivity contribution in [2.45, 2.75) is 20.0 Å². The smallest absolute Gasteiger partial charge is 0.345 e. The molecule has 3 aromatic heterocycles. The van der Waals surface area contributed by atoms with Gasteiger partial charge in [0.25, 0.3) is 5.91 Å². The molecule has 0 unspecified atom stereocenters. The standard InChI is InChI=1S/C21H19F3N6O3S/c1-3-26-20(33)30-17-5-14(19-29-16(10-34-19)21(22,23)24)15(9-27-17)12-4-13(8-25-7-12)18(32)28-6-11(2)31/h4-5,7-10H,3,6H2,1-2H3,(H,28,32)(H2,26,27,30,33). The van der Waals surface area contributed by atoms with Crippen molar-refractivity contribution in [1.29, 1.82) is 0 Å². The summed E-state index contributed by atoms with van der Waals surface area (Å²) >= 11 is 0.774. The van der Waals surface area contributed by atoms with Gasteiger partial charge in [-0.15, -0.1) is 11.3 Å². The van der Waals surface area contributed by atoms with Crippen LogP contribution in [0.4, 0.5) is 23.8 Å². The average Bonchev–Trinajstić information content (AvgIpc) is 3.28. The molecule has 0 fully saturated rings. The van der Waals surface area contributed by atoms with Crippen molar-refractivity contribution in [2.24, 2.45) is 0 Å². The zero-order valence-corrected chi connectivity index (χ0v) is 18.8. The summed E-state index contributed by atoms with van der Waals surface area (Å²) < 4.78 is 39.4. The molecule has 0 atom stereocenters. The van der Waals surface area contributed by atoms with Crippen molar-refractivity contribution in [3.05, 3.63) is 47.4 Å². The third-order valence-electron chi connectivity index (χ3n) is 4.32. The van der Waals surface area contributed by atoms with E-state index in [1.165, 1.54) is 37.6 Å². The fourth-order valence-electron chi connectivity index (χ4n) is 2.80. The molecule has 0 spiro atoms. The number of hydrogen-bond donors (Lipinski definition) is 3. The Bertz CT molecular complexity index is 1230. The van der Waals surface area contributed by atoms with E-state index in [0.717, 1.165) is 16.7 Å². The zero-order valence-electron chi connectivity index (χ0n) is 18.0. The Morgan fingerprint density at radius 3 is 2.47 bits per heavy atom. The number of halogens is 3. The van der Waals surface area contributed by atoms with Gasteiger partial charge in [0.15, 0.2) is 5.69 Å². The fraction of sp³-hybridized carbons (Fsp3) is 0.238. The largest absolute Gasteiger partial charge is 0.434 e. The molecule has 178 valence electrons. The third kappa shape index (κ3) is 6.13. The number of thiazole rings is 1. The zero-order chi connectivity index (χ0) is 24.9. The van der Waals surface area contributed by atoms with Gasteiger partial charge in [-0.3, -0.25) is 19.9 Å². The van der Waals surface area contributed by atoms with Gasteiger partial charge in [0.1, 0.15) is 16.6 Å². The number of anilines is 1. The van der Waals surface area contributed by atoms with E-state index in [-0.39, 0.29) is 34.3 Å². The molecule has 3 rings (SSSR count). The van der Waals surface area contributed by atoms with Crippen LogP contribution in [0.15, 0.2) is 36.1 Å². The Kier molecular flexibility index (Phi) is 7.56. The van der Waals surface area contributed by atoms with E-state index < -0.39 is 23.8 Å². The molecule has 3 aromatic rings. The molecule has 0 saturated carbocycles. The maximum atomic E-state index is 13.1. The molecule has 0 aliphatic heterocycles. The first-order valence-corrected chi connectivity index (χ1v) is 10.8. The molecule has 0 bridgehead atoms. The Morgan fingerprint density at radius 1 is 1.06 bits per heavy atom. The maximum absolute atomic E-state index is 13.1. The van der Waals surface area contributed by atoms with Crippen LogP contribution in [0.25, 0.3) is 21.7 Å². The summed E-state index contributed by atoms with van der Waals surface area (Å²) in [4.78, 5) is 47.2. The first kappa shape index (κ1) is 24.8. The number of ketones is 1. The van der Waals surface area contributed by atoms with Crippen LogP contribution >= 0.6 is 11.3 Å². The highest BCUT2D eigenvalue weighted by molar-refractivity contribution is 7.13. The maximum Gasteiger partial charge on any atom is 0.434 e. The molecule has 0 aromatic carbocycles. The molecule has 9 nitrogen and oxygen atoms in total. The Hall–Kier alpha value is -3.87. The van der Waals surface area contributed by atoms with Gasteiger partial charge >= 0.3 is 12.2 Å². The van der Waals surface area contributed by atoms with Gasteiger partial charge in [0.2, 0.25) is 0 Å². The first-order chi connectivity index (χ1) is 16.1. The predicted molar refractivity (Wildman–Crippen MR) is 119 cm³/mol. The summed E-state index contributed by atoms with van der Waals surface area (Å²) in [6, 6.07) is 2.33. The minimum absolute atomic E-state index is 0.0371. The molecule has 3 heterocycles. The number of carbonyl (C=O) groups is 3. The van der Waals surface area contributed by atoms with Gasteiger partial charge in [0.05, 0.1) is 12.1 Å². The predicted octanol–water partition coefficient (Wildman–Crippen LogP) is 3.75. The van der Waals surface area contributed by atoms with Gasteiger partial charge in [-0.05, 0) is 26.0 Å². The van der Waals surface area contributed by atoms with E-state index in [2.05, 4.69) is 30.9 Å². The minimum Gasteiger partial charge on any atom is -0.345 e. The number of urea groups is 1. The van der Waals surface area contributed by atoms with E-state index in [0.29, 0.717) is 17.7 Å². The number of aromatic nitrogens is 3. The first-order valence-electron chi connectivity index (χ1n) is 9.89. The molecule has 0 radical (unpaired) electrons. The number of rotatable bonds is 7. The quantitative estimate of drug-likeness (QED) is 0.461. The summed E-state index contributed by atoms with van der Waals surface area (Å²) in [6.45, 7) is 3.26. The van der Waals surface area contributed by atoms with Gasteiger partial charge in [-0.2, -0.15) is 13.2 Å². The second-order valence-electron chi connectivity index (χ2n) is 6.98. The van der Waals surface area contributed by atoms with Crippen LogP contribution in [-0.4, -0.2) is 45.8 Å². The topological polar surface area (TPSA) is 126 Å². The number of pyridine rings is 2. The molecule has 0 aliphatic carbocycles. The van der Waals surface area contributed by atoms with Gasteiger partial charge in [-0.1, -0.05) is 0 Å². The van der Waals surface area contributed by atoms with Crippen LogP contribution in [0.2, 0.25) is 0 Å². The molecule has 34 heavy (non-hydrogen) atoms. The number of alkyl halides is 3. The van der Waals surface area contributed by atoms with Crippen LogP contribution in [0.5, 0.6) is 0 Å². The SMILES string of the molecule is CCNC(=O)Nc1cc(-c2nc(C(F)(F)F)cs2)c(-c2cncc(C(=O)NCC(C)=O)c2)cn1. The van der Waals surface area contributed by atoms with Crippen LogP contribution < -0.4 is 16.0 Å². The lowest BCUT2D eigenvalue weighted by Crippen LogP contribution is -2.28. The summed E-state index contributed by atoms with van der Waals surface area (Å²) in [5.74, 6) is -0.678. The minimum atomic E-state index is -4.62. The van der Waals surface area contributed by atoms with Crippen molar-refractivity contribution in [2.75, 3.05) is 18.4 Å². The number of nitrogens with one attached hydrogen (secondary N) is 3. The highest BCUT2D eigenvalue weighted by Crippen LogP contribution is 2.38. The van der Waals surface area contributed by atoms with E-state index in [9.17, 15) is 27.6 Å². The summed E-state index contributed by atoms with van der Waals surface area (Å²) in [7, 11) is 0. The lowest BCUT2D eigenvalue weighted by molar-refractivity contribution is -0.140. The molecule has 3 N–H and O–H groups in total. The van der Waals surface area contributed by atoms with Crippen LogP contribution in [0.1, 0.15) is 29.9 Å². The number of amides is 3. The lowest BCUT2D eigenvalue weighted by Gasteiger charge is -2.12. The summed E-state index contributed by atoms with van der Waals surface area (Å²) in [6.07, 6.45) is -0.570. The number of carbonyl (C=O) groups excluding carboxylic acids is 3. The average molecular weight is 492 g/mol. The monoisotopic (exact) mass is 492 g/mol. The second kappa shape index (κ2) is 10.4. The molecular formula is C21H19F3N6O3S. The lowest BCUT2D eigenvalue weighted by atomic mass is 10.0. The highest BCUT2D eigenvalue weighted by Gasteiger charge is 2.34. The molecule has 13 heteroatoms. The van der Waals surface area contributed by atoms with Crippen molar-refractivity contribution in [3.8, 4) is 21.7 Å². The van der Waals surface area contributed by atoms with Crippen molar-refractivity contribution < 1.29 is 27.6 Å². The van der Waals surface area contributed by atoms with E-state index >= 15 is 0 Å². The van der Waals surface area contributed by atoms with E-state index in [1.807, 2.05) is 0 Å². The van der Waals surface area contributed by atoms with Gasteiger partial charge in [0, 0.05) is 47.2 Å². The van der Waals surface area contributed by atoms with Crippen molar-refractivity contribution in [3.63, 3.8) is 0 Å². The van der Waals surface area contributed by atoms with E-state index in [4.69, 9.17) is 0 Å². The molecule has 3 amide bonds. The van der Waals surface area contributed by atoms with Crippen LogP contribution in [0.3, 0.4) is 0 Å². The molecule has 0 saturated heterocycles. The summed E-state index contributed by atoms with van der Waals surface area (Å²) in [5.41, 5.74) is 0.0725. The van der Waals surface area contributed by atoms with Gasteiger partial charge < -0.3 is 10.6 Å². The molecule has 0 aliphatic rings. The van der Waals surface area contributed by atoms with E-state index in [1.54, 1.807) is 6.92 Å². The van der Waals surface area contributed by atoms with Crippen LogP contribution in [-0.2, 0) is 11.0 Å². The Labute approximate surface area is 195 Å². The van der Waals surface area contributed by atoms with Crippen LogP contribution in [0, 0.1) is 0 Å². The normalized spacial score (nSPS) is 11.1. The highest BCUT2D eigenvalue weighted by atomic mass is 32.1. The summed E-state index contributed by atoms with van der Waals surface area (Å²) in [5, 5.41) is 8.42. The Balaban J connectivity index is 2.05.